The van der Waals surface area contributed by atoms with Crippen molar-refractivity contribution in [1.82, 2.24) is 16.0 Å². The number of aliphatic carboxylic acids is 1. The van der Waals surface area contributed by atoms with Crippen molar-refractivity contribution in [2.75, 3.05) is 0 Å². The lowest BCUT2D eigenvalue weighted by Crippen LogP contribution is -2.59. The molecule has 0 saturated heterocycles. The van der Waals surface area contributed by atoms with E-state index in [1.807, 2.05) is 0 Å². The average Bonchev–Trinajstić information content (AvgIpc) is 2.76. The average molecular weight is 495 g/mol. The summed E-state index contributed by atoms with van der Waals surface area (Å²) in [6.45, 7) is 1.23. The third-order valence-corrected chi connectivity index (χ3v) is 4.80. The van der Waals surface area contributed by atoms with Gasteiger partial charge in [0.05, 0.1) is 18.9 Å². The summed E-state index contributed by atoms with van der Waals surface area (Å²) in [5.41, 5.74) is 16.4. The predicted octanol–water partition coefficient (Wildman–Crippen LogP) is -3.77. The van der Waals surface area contributed by atoms with Gasteiger partial charge in [-0.25, -0.2) is 4.79 Å². The number of carbonyl (C=O) groups excluding carboxylic acids is 5. The fraction of sp³-hybridized carbons (Fsp3) is 0.429. The summed E-state index contributed by atoms with van der Waals surface area (Å²) in [7, 11) is 0. The molecule has 0 fully saturated rings. The Kier molecular flexibility index (Phi) is 11.3. The number of benzene rings is 1. The lowest BCUT2D eigenvalue weighted by atomic mass is 10.0. The number of rotatable bonds is 14. The summed E-state index contributed by atoms with van der Waals surface area (Å²) >= 11 is 0. The first-order valence-electron chi connectivity index (χ1n) is 10.5. The van der Waals surface area contributed by atoms with Gasteiger partial charge in [0, 0.05) is 6.42 Å². The van der Waals surface area contributed by atoms with Crippen LogP contribution in [0.15, 0.2) is 30.3 Å². The Bertz CT molecular complexity index is 939. The van der Waals surface area contributed by atoms with Crippen LogP contribution in [0.25, 0.3) is 0 Å². The molecule has 5 unspecified atom stereocenters. The van der Waals surface area contributed by atoms with Crippen molar-refractivity contribution in [3.8, 4) is 0 Å². The van der Waals surface area contributed by atoms with E-state index in [1.54, 1.807) is 30.3 Å². The zero-order valence-electron chi connectivity index (χ0n) is 19.0. The molecule has 0 saturated carbocycles. The minimum atomic E-state index is -1.63. The summed E-state index contributed by atoms with van der Waals surface area (Å²) < 4.78 is 0. The molecule has 192 valence electrons. The number of amides is 5. The number of nitrogens with one attached hydrogen (secondary N) is 3. The minimum Gasteiger partial charge on any atom is -0.480 e. The number of nitrogens with two attached hydrogens (primary N) is 3. The Balaban J connectivity index is 3.03. The number of carboxylic acid groups (broad SMARTS) is 1. The van der Waals surface area contributed by atoms with Crippen LogP contribution in [-0.2, 0) is 35.2 Å². The van der Waals surface area contributed by atoms with Crippen molar-refractivity contribution in [2.45, 2.75) is 56.5 Å². The standard InChI is InChI=1S/C21H30N6O8/c1-10(28)17(24)20(33)26-13(9-16(23)30)18(31)25-12(8-15(22)29)19(32)27-14(21(34)35)7-11-5-3-2-4-6-11/h2-6,10,12-14,17,28H,7-9,24H2,1H3,(H2,22,29)(H2,23,30)(H,25,31)(H,26,33)(H,27,32)(H,34,35). The van der Waals surface area contributed by atoms with Crippen LogP contribution in [0.4, 0.5) is 0 Å². The zero-order chi connectivity index (χ0) is 26.7. The molecule has 1 aromatic carbocycles. The number of carbonyl (C=O) groups is 6. The molecule has 0 aliphatic rings. The van der Waals surface area contributed by atoms with Crippen LogP contribution >= 0.6 is 0 Å². The third kappa shape index (κ3) is 10.2. The first-order valence-corrected chi connectivity index (χ1v) is 10.5. The lowest BCUT2D eigenvalue weighted by Gasteiger charge is -2.24. The van der Waals surface area contributed by atoms with Crippen molar-refractivity contribution < 1.29 is 39.0 Å². The molecule has 0 spiro atoms. The summed E-state index contributed by atoms with van der Waals surface area (Å²) in [6, 6.07) is 2.33. The highest BCUT2D eigenvalue weighted by atomic mass is 16.4. The van der Waals surface area contributed by atoms with E-state index in [4.69, 9.17) is 17.2 Å². The molecule has 5 atom stereocenters. The number of carboxylic acids is 1. The van der Waals surface area contributed by atoms with Crippen LogP contribution < -0.4 is 33.2 Å². The summed E-state index contributed by atoms with van der Waals surface area (Å²) in [5.74, 6) is -6.45. The molecule has 0 aromatic heterocycles. The van der Waals surface area contributed by atoms with E-state index in [0.29, 0.717) is 5.56 Å². The maximum absolute atomic E-state index is 12.8. The van der Waals surface area contributed by atoms with Gasteiger partial charge < -0.3 is 43.4 Å². The molecule has 0 aliphatic carbocycles. The second-order valence-corrected chi connectivity index (χ2v) is 7.82. The monoisotopic (exact) mass is 494 g/mol. The number of primary amides is 2. The van der Waals surface area contributed by atoms with Gasteiger partial charge in [-0.15, -0.1) is 0 Å². The molecule has 11 N–H and O–H groups in total. The Morgan fingerprint density at radius 2 is 1.23 bits per heavy atom. The van der Waals surface area contributed by atoms with Gasteiger partial charge in [-0.1, -0.05) is 30.3 Å². The van der Waals surface area contributed by atoms with E-state index < -0.39 is 78.6 Å². The molecule has 35 heavy (non-hydrogen) atoms. The van der Waals surface area contributed by atoms with Crippen LogP contribution in [0.5, 0.6) is 0 Å². The fourth-order valence-electron chi connectivity index (χ4n) is 2.90. The molecule has 1 aromatic rings. The van der Waals surface area contributed by atoms with Gasteiger partial charge in [-0.05, 0) is 12.5 Å². The van der Waals surface area contributed by atoms with Gasteiger partial charge in [0.25, 0.3) is 0 Å². The van der Waals surface area contributed by atoms with Gasteiger partial charge in [0.15, 0.2) is 0 Å². The minimum absolute atomic E-state index is 0.0866. The lowest BCUT2D eigenvalue weighted by molar-refractivity contribution is -0.142. The van der Waals surface area contributed by atoms with Gasteiger partial charge in [0.2, 0.25) is 29.5 Å². The first-order chi connectivity index (χ1) is 16.3. The molecule has 1 rings (SSSR count). The summed E-state index contributed by atoms with van der Waals surface area (Å²) in [6.07, 6.45) is -2.77. The normalized spacial score (nSPS) is 14.9. The van der Waals surface area contributed by atoms with Gasteiger partial charge >= 0.3 is 5.97 Å². The van der Waals surface area contributed by atoms with Crippen molar-refractivity contribution in [1.29, 1.82) is 0 Å². The second-order valence-electron chi connectivity index (χ2n) is 7.82. The zero-order valence-corrected chi connectivity index (χ0v) is 19.0. The van der Waals surface area contributed by atoms with E-state index in [2.05, 4.69) is 16.0 Å². The Labute approximate surface area is 200 Å². The second kappa shape index (κ2) is 13.6. The van der Waals surface area contributed by atoms with Crippen LogP contribution in [0.1, 0.15) is 25.3 Å². The number of aliphatic hydroxyl groups excluding tert-OH is 1. The maximum Gasteiger partial charge on any atom is 0.326 e. The summed E-state index contributed by atoms with van der Waals surface area (Å²) in [5, 5.41) is 25.5. The van der Waals surface area contributed by atoms with E-state index in [1.165, 1.54) is 6.92 Å². The molecule has 14 nitrogen and oxygen atoms in total. The quantitative estimate of drug-likeness (QED) is 0.126. The molecule has 5 amide bonds. The first kappa shape index (κ1) is 29.0. The maximum atomic E-state index is 12.8. The number of aliphatic hydroxyl groups is 1. The highest BCUT2D eigenvalue weighted by Gasteiger charge is 2.32. The molecule has 0 radical (unpaired) electrons. The molecular weight excluding hydrogens is 464 g/mol. The fourth-order valence-corrected chi connectivity index (χ4v) is 2.90. The third-order valence-electron chi connectivity index (χ3n) is 4.80. The van der Waals surface area contributed by atoms with E-state index in [0.717, 1.165) is 0 Å². The highest BCUT2D eigenvalue weighted by molar-refractivity contribution is 5.97. The van der Waals surface area contributed by atoms with Crippen molar-refractivity contribution in [2.24, 2.45) is 17.2 Å². The smallest absolute Gasteiger partial charge is 0.326 e. The van der Waals surface area contributed by atoms with Crippen molar-refractivity contribution in [3.63, 3.8) is 0 Å². The highest BCUT2D eigenvalue weighted by Crippen LogP contribution is 2.05. The van der Waals surface area contributed by atoms with Crippen LogP contribution in [-0.4, -0.2) is 76.0 Å². The number of hydrogen-bond donors (Lipinski definition) is 8. The van der Waals surface area contributed by atoms with Crippen molar-refractivity contribution in [3.05, 3.63) is 35.9 Å². The Morgan fingerprint density at radius 1 is 0.800 bits per heavy atom. The SMILES string of the molecule is CC(O)C(N)C(=O)NC(CC(N)=O)C(=O)NC(CC(N)=O)C(=O)NC(Cc1ccccc1)C(=O)O. The largest absolute Gasteiger partial charge is 0.480 e. The predicted molar refractivity (Wildman–Crippen MR) is 121 cm³/mol. The summed E-state index contributed by atoms with van der Waals surface area (Å²) in [4.78, 5) is 72.1. The molecule has 0 aliphatic heterocycles. The molecule has 14 heteroatoms. The molecule has 0 bridgehead atoms. The number of hydrogen-bond acceptors (Lipinski definition) is 8. The van der Waals surface area contributed by atoms with Gasteiger partial charge in [-0.2, -0.15) is 0 Å². The Hall–Kier alpha value is -4.04. The van der Waals surface area contributed by atoms with Crippen molar-refractivity contribution >= 4 is 35.5 Å². The molecule has 0 heterocycles. The van der Waals surface area contributed by atoms with Crippen LogP contribution in [0.2, 0.25) is 0 Å². The molecular formula is C21H30N6O8. The topological polar surface area (TPSA) is 257 Å². The van der Waals surface area contributed by atoms with Gasteiger partial charge in [0.1, 0.15) is 24.2 Å². The van der Waals surface area contributed by atoms with E-state index in [-0.39, 0.29) is 6.42 Å². The van der Waals surface area contributed by atoms with Crippen LogP contribution in [0.3, 0.4) is 0 Å². The Morgan fingerprint density at radius 3 is 1.63 bits per heavy atom. The van der Waals surface area contributed by atoms with E-state index in [9.17, 15) is 39.0 Å². The van der Waals surface area contributed by atoms with E-state index >= 15 is 0 Å². The van der Waals surface area contributed by atoms with Gasteiger partial charge in [-0.3, -0.25) is 24.0 Å². The van der Waals surface area contributed by atoms with Crippen LogP contribution in [0, 0.1) is 0 Å².